The number of unbranched alkanes of at least 4 members (excludes halogenated alkanes) is 1. The molecule has 0 aromatic carbocycles. The van der Waals surface area contributed by atoms with Crippen LogP contribution in [0.25, 0.3) is 0 Å². The second-order valence-electron chi connectivity index (χ2n) is 15.5. The van der Waals surface area contributed by atoms with Gasteiger partial charge in [-0.05, 0) is 65.6 Å². The summed E-state index contributed by atoms with van der Waals surface area (Å²) in [7, 11) is 0. The number of carbonyl (C=O) groups excluding carboxylic acids is 10. The molecule has 1 fully saturated rings. The molecule has 1 rings (SSSR count). The molecule has 394 valence electrons. The molecule has 11 atom stereocenters. The lowest BCUT2D eigenvalue weighted by Crippen LogP contribution is -2.62. The van der Waals surface area contributed by atoms with Crippen molar-refractivity contribution >= 4 is 82.7 Å². The molecule has 1 aliphatic heterocycles. The molecular formula is C39H63ClN12O18. The van der Waals surface area contributed by atoms with Gasteiger partial charge in [0.2, 0.25) is 47.3 Å². The number of rotatable bonds is 16. The van der Waals surface area contributed by atoms with Crippen LogP contribution in [0.4, 0.5) is 0 Å². The number of amides is 9. The zero-order valence-corrected chi connectivity index (χ0v) is 39.1. The maximum Gasteiger partial charge on any atom is 0.335 e. The molecule has 0 aromatic heterocycles. The van der Waals surface area contributed by atoms with Crippen molar-refractivity contribution < 1.29 is 87.8 Å². The summed E-state index contributed by atoms with van der Waals surface area (Å²) in [5.41, 5.74) is 16.2. The predicted octanol–water partition coefficient (Wildman–Crippen LogP) is -8.81. The van der Waals surface area contributed by atoms with Crippen LogP contribution in [0.3, 0.4) is 0 Å². The Morgan fingerprint density at radius 2 is 1.19 bits per heavy atom. The van der Waals surface area contributed by atoms with E-state index in [9.17, 15) is 83.1 Å². The summed E-state index contributed by atoms with van der Waals surface area (Å²) >= 11 is 5.74. The monoisotopic (exact) mass is 1020 g/mol. The van der Waals surface area contributed by atoms with Crippen LogP contribution < -0.4 is 65.1 Å². The minimum Gasteiger partial charge on any atom is -0.481 e. The summed E-state index contributed by atoms with van der Waals surface area (Å²) in [6.45, 7) is 1.55. The SMILES string of the molecule is C/C=C1/NC(=O)C(C(C)O)NC(=O)C(CCN)NC(=O)C(CCCCN)NC(=O)C(CC(=O)O)NC(=O)C(CCN)NC(=O)C(NC(C)=O)COC(=O)C(C(O)CCl)NC(=O)C(C(O)C(=O)O)NC1=O. The Hall–Kier alpha value is -6.57. The second kappa shape index (κ2) is 30.8. The number of nitrogens with two attached hydrogens (primary N) is 3. The van der Waals surface area contributed by atoms with Crippen LogP contribution in [0.15, 0.2) is 11.8 Å². The van der Waals surface area contributed by atoms with E-state index in [2.05, 4.69) is 37.2 Å². The average molecular weight is 1020 g/mol. The van der Waals surface area contributed by atoms with Crippen LogP contribution in [-0.4, -0.2) is 195 Å². The number of halogens is 1. The topological polar surface area (TPSA) is 502 Å². The lowest BCUT2D eigenvalue weighted by atomic mass is 10.0. The number of aliphatic carboxylic acids is 2. The van der Waals surface area contributed by atoms with E-state index >= 15 is 0 Å². The van der Waals surface area contributed by atoms with Crippen molar-refractivity contribution in [3.8, 4) is 0 Å². The van der Waals surface area contributed by atoms with Gasteiger partial charge in [-0.1, -0.05) is 6.08 Å². The number of hydrogen-bond donors (Lipinski definition) is 17. The third-order valence-corrected chi connectivity index (χ3v) is 10.3. The van der Waals surface area contributed by atoms with E-state index in [1.165, 1.54) is 6.92 Å². The van der Waals surface area contributed by atoms with E-state index in [1.807, 2.05) is 10.6 Å². The number of carbonyl (C=O) groups is 12. The molecular weight excluding hydrogens is 960 g/mol. The smallest absolute Gasteiger partial charge is 0.335 e. The number of hydrogen-bond acceptors (Lipinski definition) is 19. The third kappa shape index (κ3) is 20.2. The van der Waals surface area contributed by atoms with Gasteiger partial charge in [0.25, 0.3) is 5.91 Å². The molecule has 31 heteroatoms. The highest BCUT2D eigenvalue weighted by atomic mass is 35.5. The Balaban J connectivity index is 4.03. The maximum atomic E-state index is 13.8. The number of aliphatic hydroxyl groups excluding tert-OH is 3. The summed E-state index contributed by atoms with van der Waals surface area (Å²) in [5, 5.41) is 70.2. The van der Waals surface area contributed by atoms with Crippen LogP contribution >= 0.6 is 11.6 Å². The minimum atomic E-state index is -2.80. The molecule has 1 saturated heterocycles. The first-order chi connectivity index (χ1) is 32.9. The summed E-state index contributed by atoms with van der Waals surface area (Å²) in [5.74, 6) is -17.5. The normalized spacial score (nSPS) is 26.4. The molecule has 0 bridgehead atoms. The van der Waals surface area contributed by atoms with Crippen LogP contribution in [0, 0.1) is 0 Å². The summed E-state index contributed by atoms with van der Waals surface area (Å²) in [6.07, 6.45) is -7.24. The van der Waals surface area contributed by atoms with E-state index in [1.54, 1.807) is 0 Å². The second-order valence-corrected chi connectivity index (χ2v) is 15.8. The van der Waals surface area contributed by atoms with E-state index in [-0.39, 0.29) is 38.9 Å². The van der Waals surface area contributed by atoms with Gasteiger partial charge < -0.3 is 95.3 Å². The van der Waals surface area contributed by atoms with Gasteiger partial charge in [-0.15, -0.1) is 11.6 Å². The number of cyclic esters (lactones) is 1. The molecule has 0 saturated carbocycles. The van der Waals surface area contributed by atoms with Gasteiger partial charge in [0.15, 0.2) is 12.1 Å². The predicted molar refractivity (Wildman–Crippen MR) is 239 cm³/mol. The standard InChI is InChI=1S/C39H63ClN12O18/c1-4-18-30(59)52-28(29(58)38(67)68)37(66)51-27(24(55)14-40)39(69)70-15-23(44-17(3)54)35(64)48-20(8-11-42)32(61)49-22(13-25(56)57)34(63)46-19(7-5-6-10-41)31(60)47-21(9-12-43)33(62)50-26(16(2)53)36(65)45-18/h4,16,19-24,26-29,53,55,58H,5-15,41-43H2,1-3H3,(H,44,54)(H,45,65)(H,46,63)(H,47,60)(H,48,64)(H,49,61)(H,50,62)(H,51,66)(H,52,59)(H,56,57)(H,67,68)/b18-4+. The maximum absolute atomic E-state index is 13.8. The van der Waals surface area contributed by atoms with E-state index in [0.29, 0.717) is 6.42 Å². The van der Waals surface area contributed by atoms with Crippen molar-refractivity contribution in [1.29, 1.82) is 0 Å². The average Bonchev–Trinajstić information content (AvgIpc) is 3.29. The molecule has 30 nitrogen and oxygen atoms in total. The van der Waals surface area contributed by atoms with Crippen molar-refractivity contribution in [2.75, 3.05) is 32.1 Å². The van der Waals surface area contributed by atoms with Gasteiger partial charge in [-0.3, -0.25) is 47.9 Å². The fraction of sp³-hybridized carbons (Fsp3) is 0.641. The van der Waals surface area contributed by atoms with Crippen LogP contribution in [0.1, 0.15) is 59.3 Å². The first kappa shape index (κ1) is 61.4. The zero-order valence-electron chi connectivity index (χ0n) is 38.4. The number of ether oxygens (including phenoxy) is 1. The number of esters is 1. The van der Waals surface area contributed by atoms with Crippen molar-refractivity contribution in [1.82, 2.24) is 47.9 Å². The molecule has 0 aliphatic carbocycles. The Morgan fingerprint density at radius 3 is 1.66 bits per heavy atom. The Morgan fingerprint density at radius 1 is 0.686 bits per heavy atom. The van der Waals surface area contributed by atoms with Gasteiger partial charge in [0.05, 0.1) is 24.5 Å². The van der Waals surface area contributed by atoms with Crippen molar-refractivity contribution in [2.45, 2.75) is 126 Å². The molecule has 70 heavy (non-hydrogen) atoms. The number of alkyl halides is 1. The Labute approximate surface area is 404 Å². The number of allylic oxidation sites excluding steroid dienone is 1. The number of nitrogens with one attached hydrogen (secondary N) is 9. The lowest BCUT2D eigenvalue weighted by molar-refractivity contribution is -0.155. The fourth-order valence-electron chi connectivity index (χ4n) is 6.21. The highest BCUT2D eigenvalue weighted by Gasteiger charge is 2.40. The van der Waals surface area contributed by atoms with Crippen molar-refractivity contribution in [3.05, 3.63) is 11.8 Å². The first-order valence-electron chi connectivity index (χ1n) is 21.6. The Kier molecular flexibility index (Phi) is 27.1. The third-order valence-electron chi connectivity index (χ3n) is 9.94. The quantitative estimate of drug-likeness (QED) is 0.0295. The van der Waals surface area contributed by atoms with Crippen LogP contribution in [0.5, 0.6) is 0 Å². The number of carboxylic acids is 2. The highest BCUT2D eigenvalue weighted by Crippen LogP contribution is 2.09. The lowest BCUT2D eigenvalue weighted by Gasteiger charge is -2.28. The number of aliphatic hydroxyl groups is 3. The van der Waals surface area contributed by atoms with E-state index in [4.69, 9.17) is 33.5 Å². The van der Waals surface area contributed by atoms with Gasteiger partial charge in [0.1, 0.15) is 54.6 Å². The zero-order chi connectivity index (χ0) is 53.4. The summed E-state index contributed by atoms with van der Waals surface area (Å²) in [4.78, 5) is 158. The minimum absolute atomic E-state index is 0.134. The molecule has 20 N–H and O–H groups in total. The van der Waals surface area contributed by atoms with Gasteiger partial charge >= 0.3 is 17.9 Å². The molecule has 1 heterocycles. The molecule has 9 amide bonds. The molecule has 0 aromatic rings. The van der Waals surface area contributed by atoms with Gasteiger partial charge in [-0.25, -0.2) is 9.59 Å². The highest BCUT2D eigenvalue weighted by molar-refractivity contribution is 6.18. The van der Waals surface area contributed by atoms with E-state index < -0.39 is 169 Å². The largest absolute Gasteiger partial charge is 0.481 e. The summed E-state index contributed by atoms with van der Waals surface area (Å²) < 4.78 is 5.10. The van der Waals surface area contributed by atoms with Gasteiger partial charge in [0, 0.05) is 6.92 Å². The number of carboxylic acid groups (broad SMARTS) is 2. The van der Waals surface area contributed by atoms with Crippen LogP contribution in [0.2, 0.25) is 0 Å². The van der Waals surface area contributed by atoms with Crippen molar-refractivity contribution in [2.24, 2.45) is 17.2 Å². The van der Waals surface area contributed by atoms with Crippen molar-refractivity contribution in [3.63, 3.8) is 0 Å². The summed E-state index contributed by atoms with van der Waals surface area (Å²) in [6, 6.07) is -15.5. The molecule has 0 spiro atoms. The molecule has 11 unspecified atom stereocenters. The van der Waals surface area contributed by atoms with Crippen LogP contribution in [-0.2, 0) is 62.3 Å². The Bertz CT molecular complexity index is 1940. The fourth-order valence-corrected chi connectivity index (χ4v) is 6.39. The molecule has 1 aliphatic rings. The van der Waals surface area contributed by atoms with Gasteiger partial charge in [-0.2, -0.15) is 0 Å². The molecule has 0 radical (unpaired) electrons. The first-order valence-corrected chi connectivity index (χ1v) is 22.1. The van der Waals surface area contributed by atoms with E-state index in [0.717, 1.165) is 19.9 Å².